The van der Waals surface area contributed by atoms with Crippen molar-refractivity contribution in [3.05, 3.63) is 51.4 Å². The fraction of sp³-hybridized carbons (Fsp3) is 0.188. The maximum absolute atomic E-state index is 14.1. The Hall–Kier alpha value is -3.23. The molecule has 0 spiro atoms. The average molecular weight is 349 g/mol. The van der Waals surface area contributed by atoms with Crippen LogP contribution in [0.15, 0.2) is 23.0 Å². The molecular weight excluding hydrogens is 336 g/mol. The lowest BCUT2D eigenvalue weighted by molar-refractivity contribution is 0.0519. The Labute approximate surface area is 139 Å². The maximum Gasteiger partial charge on any atom is 0.349 e. The number of hydrogen-bond acceptors (Lipinski definition) is 5. The fourth-order valence-corrected chi connectivity index (χ4v) is 2.58. The zero-order valence-corrected chi connectivity index (χ0v) is 13.3. The van der Waals surface area contributed by atoms with Crippen LogP contribution >= 0.6 is 0 Å². The van der Waals surface area contributed by atoms with Crippen molar-refractivity contribution in [2.45, 2.75) is 13.8 Å². The Morgan fingerprint density at radius 1 is 1.40 bits per heavy atom. The van der Waals surface area contributed by atoms with E-state index in [9.17, 15) is 23.5 Å². The first-order valence-corrected chi connectivity index (χ1v) is 7.32. The van der Waals surface area contributed by atoms with Crippen LogP contribution in [0.1, 0.15) is 23.0 Å². The number of esters is 1. The molecule has 3 rings (SSSR count). The molecule has 2 heterocycles. The molecule has 130 valence electrons. The summed E-state index contributed by atoms with van der Waals surface area (Å²) in [4.78, 5) is 26.4. The van der Waals surface area contributed by atoms with Crippen molar-refractivity contribution in [1.82, 2.24) is 14.6 Å². The highest BCUT2D eigenvalue weighted by Gasteiger charge is 2.25. The first-order chi connectivity index (χ1) is 11.8. The van der Waals surface area contributed by atoms with E-state index < -0.39 is 34.6 Å². The number of nitrogens with zero attached hydrogens (tertiary/aromatic N) is 2. The third-order valence-electron chi connectivity index (χ3n) is 3.62. The number of benzene rings is 1. The van der Waals surface area contributed by atoms with Gasteiger partial charge in [-0.05, 0) is 26.0 Å². The summed E-state index contributed by atoms with van der Waals surface area (Å²) in [5.74, 6) is -3.34. The fourth-order valence-electron chi connectivity index (χ4n) is 2.58. The van der Waals surface area contributed by atoms with Gasteiger partial charge >= 0.3 is 5.97 Å². The van der Waals surface area contributed by atoms with Gasteiger partial charge in [-0.1, -0.05) is 0 Å². The van der Waals surface area contributed by atoms with Crippen molar-refractivity contribution in [3.63, 3.8) is 0 Å². The number of H-pyrrole nitrogens is 1. The second-order valence-electron chi connectivity index (χ2n) is 5.22. The van der Waals surface area contributed by atoms with E-state index in [1.165, 1.54) is 13.0 Å². The Morgan fingerprint density at radius 2 is 2.12 bits per heavy atom. The monoisotopic (exact) mass is 349 g/mol. The molecule has 0 aliphatic carbocycles. The first kappa shape index (κ1) is 16.6. The molecule has 2 aromatic heterocycles. The van der Waals surface area contributed by atoms with Crippen LogP contribution in [0.5, 0.6) is 5.88 Å². The predicted molar refractivity (Wildman–Crippen MR) is 83.5 cm³/mol. The minimum absolute atomic E-state index is 0.00663. The molecule has 0 aliphatic rings. The lowest BCUT2D eigenvalue weighted by Gasteiger charge is -2.06. The number of aromatic nitrogens is 3. The quantitative estimate of drug-likeness (QED) is 0.707. The summed E-state index contributed by atoms with van der Waals surface area (Å²) >= 11 is 0. The highest BCUT2D eigenvalue weighted by atomic mass is 19.1. The Kier molecular flexibility index (Phi) is 3.99. The smallest absolute Gasteiger partial charge is 0.349 e. The number of aromatic hydroxyl groups is 1. The molecule has 1 aromatic carbocycles. The van der Waals surface area contributed by atoms with E-state index >= 15 is 0 Å². The molecule has 0 atom stereocenters. The van der Waals surface area contributed by atoms with Crippen molar-refractivity contribution < 1.29 is 23.4 Å². The van der Waals surface area contributed by atoms with Crippen molar-refractivity contribution >= 4 is 11.6 Å². The number of fused-ring (bicyclic) bond motifs is 1. The summed E-state index contributed by atoms with van der Waals surface area (Å²) in [5, 5.41) is 14.3. The predicted octanol–water partition coefficient (Wildman–Crippen LogP) is 2.16. The number of rotatable bonds is 3. The lowest BCUT2D eigenvalue weighted by atomic mass is 10.1. The molecule has 0 radical (unpaired) electrons. The van der Waals surface area contributed by atoms with Gasteiger partial charge in [0.15, 0.2) is 5.56 Å². The SMILES string of the molecule is CCOC(=O)c1c(O)n2nc(C)c(-c3ccc(F)cc3F)c2[nH]c1=O. The van der Waals surface area contributed by atoms with E-state index in [4.69, 9.17) is 4.74 Å². The third-order valence-corrected chi connectivity index (χ3v) is 3.62. The standard InChI is InChI=1S/C16H13F2N3O4/c1-3-25-16(24)12-14(22)19-13-11(7(2)20-21(13)15(12)23)9-5-4-8(17)6-10(9)18/h4-6,23H,3H2,1-2H3,(H,19,22). The van der Waals surface area contributed by atoms with Crippen molar-refractivity contribution in [3.8, 4) is 17.0 Å². The molecule has 0 amide bonds. The average Bonchev–Trinajstić information content (AvgIpc) is 2.84. The van der Waals surface area contributed by atoms with Gasteiger partial charge in [0.05, 0.1) is 17.9 Å². The Bertz CT molecular complexity index is 1060. The topological polar surface area (TPSA) is 96.7 Å². The summed E-state index contributed by atoms with van der Waals surface area (Å²) in [6, 6.07) is 2.96. The van der Waals surface area contributed by atoms with Crippen molar-refractivity contribution in [2.24, 2.45) is 0 Å². The van der Waals surface area contributed by atoms with Crippen LogP contribution in [0.25, 0.3) is 16.8 Å². The maximum atomic E-state index is 14.1. The van der Waals surface area contributed by atoms with Gasteiger partial charge in [-0.15, -0.1) is 0 Å². The molecule has 0 bridgehead atoms. The van der Waals surface area contributed by atoms with Crippen LogP contribution in [0, 0.1) is 18.6 Å². The second-order valence-corrected chi connectivity index (χ2v) is 5.22. The van der Waals surface area contributed by atoms with E-state index in [1.54, 1.807) is 6.92 Å². The van der Waals surface area contributed by atoms with Crippen LogP contribution in [0.4, 0.5) is 8.78 Å². The first-order valence-electron chi connectivity index (χ1n) is 7.32. The molecule has 0 unspecified atom stereocenters. The summed E-state index contributed by atoms with van der Waals surface area (Å²) < 4.78 is 32.9. The third kappa shape index (κ3) is 2.63. The molecule has 9 heteroatoms. The molecule has 0 saturated carbocycles. The molecule has 0 fully saturated rings. The van der Waals surface area contributed by atoms with E-state index in [1.807, 2.05) is 0 Å². The zero-order valence-electron chi connectivity index (χ0n) is 13.3. The van der Waals surface area contributed by atoms with Crippen LogP contribution < -0.4 is 5.56 Å². The summed E-state index contributed by atoms with van der Waals surface area (Å²) in [7, 11) is 0. The van der Waals surface area contributed by atoms with Crippen LogP contribution in [-0.4, -0.2) is 32.3 Å². The zero-order chi connectivity index (χ0) is 18.3. The number of hydrogen-bond donors (Lipinski definition) is 2. The number of carbonyl (C=O) groups is 1. The number of nitrogens with one attached hydrogen (secondary N) is 1. The van der Waals surface area contributed by atoms with E-state index in [2.05, 4.69) is 10.1 Å². The lowest BCUT2D eigenvalue weighted by Crippen LogP contribution is -2.22. The molecule has 0 aliphatic heterocycles. The number of aryl methyl sites for hydroxylation is 1. The number of carbonyl (C=O) groups excluding carboxylic acids is 1. The molecule has 0 saturated heterocycles. The number of ether oxygens (including phenoxy) is 1. The number of halogens is 2. The Balaban J connectivity index is 2.32. The van der Waals surface area contributed by atoms with E-state index in [0.29, 0.717) is 6.07 Å². The minimum Gasteiger partial charge on any atom is -0.492 e. The van der Waals surface area contributed by atoms with Gasteiger partial charge in [-0.25, -0.2) is 13.6 Å². The van der Waals surface area contributed by atoms with Gasteiger partial charge in [0.25, 0.3) is 5.56 Å². The number of aromatic amines is 1. The van der Waals surface area contributed by atoms with E-state index in [-0.39, 0.29) is 29.1 Å². The van der Waals surface area contributed by atoms with Crippen LogP contribution in [0.2, 0.25) is 0 Å². The highest BCUT2D eigenvalue weighted by molar-refractivity contribution is 5.92. The largest absolute Gasteiger partial charge is 0.492 e. The molecule has 3 aromatic rings. The van der Waals surface area contributed by atoms with Gasteiger partial charge in [-0.3, -0.25) is 4.79 Å². The van der Waals surface area contributed by atoms with Gasteiger partial charge < -0.3 is 14.8 Å². The van der Waals surface area contributed by atoms with E-state index in [0.717, 1.165) is 10.6 Å². The Morgan fingerprint density at radius 3 is 2.76 bits per heavy atom. The minimum atomic E-state index is -1.01. The van der Waals surface area contributed by atoms with Crippen molar-refractivity contribution in [2.75, 3.05) is 6.61 Å². The highest BCUT2D eigenvalue weighted by Crippen LogP contribution is 2.31. The van der Waals surface area contributed by atoms with Gasteiger partial charge in [0, 0.05) is 11.6 Å². The normalized spacial score (nSPS) is 11.0. The van der Waals surface area contributed by atoms with Crippen LogP contribution in [0.3, 0.4) is 0 Å². The summed E-state index contributed by atoms with van der Waals surface area (Å²) in [5.41, 5.74) is -1.13. The molecule has 25 heavy (non-hydrogen) atoms. The van der Waals surface area contributed by atoms with Crippen LogP contribution in [-0.2, 0) is 4.74 Å². The molecule has 7 nitrogen and oxygen atoms in total. The van der Waals surface area contributed by atoms with Gasteiger partial charge in [0.1, 0.15) is 17.3 Å². The molecule has 2 N–H and O–H groups in total. The summed E-state index contributed by atoms with van der Waals surface area (Å²) in [6.07, 6.45) is 0. The van der Waals surface area contributed by atoms with Gasteiger partial charge in [0.2, 0.25) is 5.88 Å². The summed E-state index contributed by atoms with van der Waals surface area (Å²) in [6.45, 7) is 3.09. The van der Waals surface area contributed by atoms with Crippen molar-refractivity contribution in [1.29, 1.82) is 0 Å². The molecular formula is C16H13F2N3O4. The second kappa shape index (κ2) is 6.00. The van der Waals surface area contributed by atoms with Gasteiger partial charge in [-0.2, -0.15) is 9.61 Å².